The van der Waals surface area contributed by atoms with Gasteiger partial charge in [0, 0.05) is 6.20 Å². The van der Waals surface area contributed by atoms with E-state index in [2.05, 4.69) is 41.7 Å². The van der Waals surface area contributed by atoms with Gasteiger partial charge in [-0.15, -0.1) is 0 Å². The van der Waals surface area contributed by atoms with E-state index in [-0.39, 0.29) is 11.2 Å². The van der Waals surface area contributed by atoms with Gasteiger partial charge in [-0.3, -0.25) is 0 Å². The lowest BCUT2D eigenvalue weighted by Crippen LogP contribution is -2.11. The fourth-order valence-corrected chi connectivity index (χ4v) is 1.06. The second-order valence-electron chi connectivity index (χ2n) is 3.78. The summed E-state index contributed by atoms with van der Waals surface area (Å²) in [5.74, 6) is 0.197. The van der Waals surface area contributed by atoms with Crippen molar-refractivity contribution in [2.75, 3.05) is 0 Å². The summed E-state index contributed by atoms with van der Waals surface area (Å²) in [7, 11) is 0. The normalized spacial score (nSPS) is 11.7. The van der Waals surface area contributed by atoms with Crippen molar-refractivity contribution in [3.8, 4) is 5.75 Å². The van der Waals surface area contributed by atoms with Gasteiger partial charge in [0.2, 0.25) is 0 Å². The minimum absolute atomic E-state index is 0.0329. The van der Waals surface area contributed by atoms with E-state index in [9.17, 15) is 5.11 Å². The zero-order valence-corrected chi connectivity index (χ0v) is 9.01. The van der Waals surface area contributed by atoms with E-state index < -0.39 is 0 Å². The van der Waals surface area contributed by atoms with Crippen LogP contribution in [0.5, 0.6) is 5.75 Å². The molecule has 2 nitrogen and oxygen atoms in total. The fourth-order valence-electron chi connectivity index (χ4n) is 0.847. The standard InChI is InChI=1S/C9H12BrNO/c1-9(2,3)6-4-7(12)8(10)11-5-6/h4-5,12H,1-3H3. The highest BCUT2D eigenvalue weighted by atomic mass is 79.9. The molecule has 1 aromatic rings. The van der Waals surface area contributed by atoms with Gasteiger partial charge in [0.05, 0.1) is 0 Å². The molecule has 0 saturated heterocycles. The van der Waals surface area contributed by atoms with Gasteiger partial charge in [-0.2, -0.15) is 0 Å². The first-order valence-corrected chi connectivity index (χ1v) is 4.55. The lowest BCUT2D eigenvalue weighted by molar-refractivity contribution is 0.463. The molecule has 1 aromatic heterocycles. The van der Waals surface area contributed by atoms with E-state index in [1.54, 1.807) is 12.3 Å². The minimum Gasteiger partial charge on any atom is -0.505 e. The van der Waals surface area contributed by atoms with Crippen LogP contribution >= 0.6 is 15.9 Å². The van der Waals surface area contributed by atoms with E-state index in [0.717, 1.165) is 5.56 Å². The SMILES string of the molecule is CC(C)(C)c1cnc(Br)c(O)c1. The lowest BCUT2D eigenvalue weighted by atomic mass is 9.88. The Labute approximate surface area is 80.8 Å². The van der Waals surface area contributed by atoms with Crippen LogP contribution in [0.3, 0.4) is 0 Å². The van der Waals surface area contributed by atoms with Crippen molar-refractivity contribution in [3.63, 3.8) is 0 Å². The van der Waals surface area contributed by atoms with Gasteiger partial charge < -0.3 is 5.11 Å². The fraction of sp³-hybridized carbons (Fsp3) is 0.444. The van der Waals surface area contributed by atoms with Gasteiger partial charge in [-0.1, -0.05) is 20.8 Å². The molecule has 0 unspecified atom stereocenters. The molecule has 0 bridgehead atoms. The van der Waals surface area contributed by atoms with Gasteiger partial charge in [0.25, 0.3) is 0 Å². The molecule has 12 heavy (non-hydrogen) atoms. The van der Waals surface area contributed by atoms with E-state index in [1.165, 1.54) is 0 Å². The van der Waals surface area contributed by atoms with Crippen LogP contribution in [0.15, 0.2) is 16.9 Å². The summed E-state index contributed by atoms with van der Waals surface area (Å²) in [6.07, 6.45) is 1.77. The highest BCUT2D eigenvalue weighted by Crippen LogP contribution is 2.28. The monoisotopic (exact) mass is 229 g/mol. The van der Waals surface area contributed by atoms with E-state index in [1.807, 2.05) is 0 Å². The van der Waals surface area contributed by atoms with Crippen LogP contribution < -0.4 is 0 Å². The Morgan fingerprint density at radius 3 is 2.42 bits per heavy atom. The first-order valence-electron chi connectivity index (χ1n) is 3.76. The van der Waals surface area contributed by atoms with Gasteiger partial charge >= 0.3 is 0 Å². The topological polar surface area (TPSA) is 33.1 Å². The second-order valence-corrected chi connectivity index (χ2v) is 4.54. The molecule has 0 aliphatic carbocycles. The molecular formula is C9H12BrNO. The number of aromatic hydroxyl groups is 1. The molecule has 0 atom stereocenters. The molecule has 1 N–H and O–H groups in total. The minimum atomic E-state index is 0.0329. The van der Waals surface area contributed by atoms with Crippen LogP contribution in [0.2, 0.25) is 0 Å². The molecule has 0 fully saturated rings. The molecule has 0 aromatic carbocycles. The third kappa shape index (κ3) is 1.97. The Kier molecular flexibility index (Phi) is 2.42. The summed E-state index contributed by atoms with van der Waals surface area (Å²) in [4.78, 5) is 4.01. The number of rotatable bonds is 0. The molecule has 66 valence electrons. The summed E-state index contributed by atoms with van der Waals surface area (Å²) < 4.78 is 0.496. The number of pyridine rings is 1. The molecule has 0 radical (unpaired) electrons. The van der Waals surface area contributed by atoms with E-state index in [0.29, 0.717) is 4.60 Å². The Morgan fingerprint density at radius 1 is 1.42 bits per heavy atom. The predicted octanol–water partition coefficient (Wildman–Crippen LogP) is 2.85. The van der Waals surface area contributed by atoms with Crippen molar-refractivity contribution >= 4 is 15.9 Å². The summed E-state index contributed by atoms with van der Waals surface area (Å²) in [5.41, 5.74) is 1.06. The van der Waals surface area contributed by atoms with Crippen LogP contribution in [-0.4, -0.2) is 10.1 Å². The highest BCUT2D eigenvalue weighted by Gasteiger charge is 2.15. The first-order chi connectivity index (χ1) is 5.41. The van der Waals surface area contributed by atoms with Crippen molar-refractivity contribution in [1.82, 2.24) is 4.98 Å². The van der Waals surface area contributed by atoms with Gasteiger partial charge in [0.15, 0.2) is 0 Å². The summed E-state index contributed by atoms with van der Waals surface area (Å²) >= 11 is 3.13. The lowest BCUT2D eigenvalue weighted by Gasteiger charge is -2.18. The summed E-state index contributed by atoms with van der Waals surface area (Å²) in [6, 6.07) is 1.73. The van der Waals surface area contributed by atoms with Crippen molar-refractivity contribution < 1.29 is 5.11 Å². The van der Waals surface area contributed by atoms with Crippen molar-refractivity contribution in [1.29, 1.82) is 0 Å². The molecule has 0 saturated carbocycles. The zero-order chi connectivity index (χ0) is 9.35. The van der Waals surface area contributed by atoms with Crippen LogP contribution in [-0.2, 0) is 5.41 Å². The van der Waals surface area contributed by atoms with Crippen LogP contribution in [0.4, 0.5) is 0 Å². The molecule has 3 heteroatoms. The maximum atomic E-state index is 9.35. The molecule has 0 spiro atoms. The zero-order valence-electron chi connectivity index (χ0n) is 7.43. The number of halogens is 1. The number of hydrogen-bond donors (Lipinski definition) is 1. The largest absolute Gasteiger partial charge is 0.505 e. The van der Waals surface area contributed by atoms with Crippen LogP contribution in [0.25, 0.3) is 0 Å². The Hall–Kier alpha value is -0.570. The Morgan fingerprint density at radius 2 is 2.00 bits per heavy atom. The smallest absolute Gasteiger partial charge is 0.148 e. The Bertz CT molecular complexity index is 291. The average Bonchev–Trinajstić information content (AvgIpc) is 1.92. The van der Waals surface area contributed by atoms with E-state index in [4.69, 9.17) is 0 Å². The van der Waals surface area contributed by atoms with Crippen LogP contribution in [0, 0.1) is 0 Å². The average molecular weight is 230 g/mol. The molecule has 0 aliphatic rings. The number of nitrogens with zero attached hydrogens (tertiary/aromatic N) is 1. The van der Waals surface area contributed by atoms with Crippen molar-refractivity contribution in [2.24, 2.45) is 0 Å². The number of hydrogen-bond acceptors (Lipinski definition) is 2. The summed E-state index contributed by atoms with van der Waals surface area (Å²) in [6.45, 7) is 6.24. The first kappa shape index (κ1) is 9.52. The van der Waals surface area contributed by atoms with Gasteiger partial charge in [0.1, 0.15) is 10.4 Å². The summed E-state index contributed by atoms with van der Waals surface area (Å²) in [5, 5.41) is 9.35. The third-order valence-corrected chi connectivity index (χ3v) is 2.30. The van der Waals surface area contributed by atoms with Crippen LogP contribution in [0.1, 0.15) is 26.3 Å². The predicted molar refractivity (Wildman–Crippen MR) is 52.3 cm³/mol. The molecule has 0 amide bonds. The van der Waals surface area contributed by atoms with Gasteiger partial charge in [-0.05, 0) is 33.0 Å². The quantitative estimate of drug-likeness (QED) is 0.695. The molecule has 0 aliphatic heterocycles. The maximum absolute atomic E-state index is 9.35. The van der Waals surface area contributed by atoms with Crippen molar-refractivity contribution in [3.05, 3.63) is 22.4 Å². The molecular weight excluding hydrogens is 218 g/mol. The number of aromatic nitrogens is 1. The van der Waals surface area contributed by atoms with Gasteiger partial charge in [-0.25, -0.2) is 4.98 Å². The Balaban J connectivity index is 3.14. The maximum Gasteiger partial charge on any atom is 0.148 e. The second kappa shape index (κ2) is 3.05. The highest BCUT2D eigenvalue weighted by molar-refractivity contribution is 9.10. The molecule has 1 rings (SSSR count). The van der Waals surface area contributed by atoms with Crippen molar-refractivity contribution in [2.45, 2.75) is 26.2 Å². The molecule has 1 heterocycles. The van der Waals surface area contributed by atoms with E-state index >= 15 is 0 Å². The third-order valence-electron chi connectivity index (χ3n) is 1.69.